The molecule has 1 amide bonds. The minimum Gasteiger partial charge on any atom is -0.487 e. The number of alkyl halides is 3. The van der Waals surface area contributed by atoms with Crippen LogP contribution in [0.5, 0.6) is 5.75 Å². The zero-order valence-electron chi connectivity index (χ0n) is 17.7. The molecule has 180 valence electrons. The van der Waals surface area contributed by atoms with Gasteiger partial charge in [-0.3, -0.25) is 9.59 Å². The lowest BCUT2D eigenvalue weighted by atomic mass is 9.92. The number of carboxylic acid groups (broad SMARTS) is 1. The van der Waals surface area contributed by atoms with Crippen molar-refractivity contribution >= 4 is 34.8 Å². The second-order valence-corrected chi connectivity index (χ2v) is 7.99. The highest BCUT2D eigenvalue weighted by Crippen LogP contribution is 2.37. The third-order valence-corrected chi connectivity index (χ3v) is 5.69. The fourth-order valence-corrected chi connectivity index (χ4v) is 3.71. The molecule has 4 rings (SSSR count). The number of ether oxygens (including phenoxy) is 1. The predicted molar refractivity (Wildman–Crippen MR) is 118 cm³/mol. The van der Waals surface area contributed by atoms with Gasteiger partial charge in [0, 0.05) is 27.4 Å². The molecule has 3 aromatic rings. The molecule has 1 aliphatic carbocycles. The lowest BCUT2D eigenvalue weighted by molar-refractivity contribution is -0.137. The molecule has 5 nitrogen and oxygen atoms in total. The molecule has 0 bridgehead atoms. The molecule has 0 unspecified atom stereocenters. The van der Waals surface area contributed by atoms with Crippen molar-refractivity contribution in [2.24, 2.45) is 0 Å². The molecule has 2 N–H and O–H groups in total. The zero-order chi connectivity index (χ0) is 24.9. The summed E-state index contributed by atoms with van der Waals surface area (Å²) in [5, 5.41) is 11.4. The number of rotatable bonds is 5. The third kappa shape index (κ3) is 5.77. The summed E-state index contributed by atoms with van der Waals surface area (Å²) in [7, 11) is 0. The number of fused-ring (bicyclic) bond motifs is 1. The van der Waals surface area contributed by atoms with Gasteiger partial charge in [0.05, 0.1) is 11.1 Å². The van der Waals surface area contributed by atoms with Crippen LogP contribution in [-0.4, -0.2) is 23.5 Å². The van der Waals surface area contributed by atoms with E-state index >= 15 is 0 Å². The van der Waals surface area contributed by atoms with Crippen molar-refractivity contribution in [2.45, 2.75) is 38.1 Å². The molecule has 1 saturated carbocycles. The Labute approximate surface area is 197 Å². The molecule has 0 saturated heterocycles. The Balaban J connectivity index is 0.00000103. The van der Waals surface area contributed by atoms with Crippen LogP contribution in [0.25, 0.3) is 10.8 Å². The van der Waals surface area contributed by atoms with Gasteiger partial charge in [-0.25, -0.2) is 4.39 Å². The maximum absolute atomic E-state index is 14.3. The van der Waals surface area contributed by atoms with E-state index in [2.05, 4.69) is 5.32 Å². The van der Waals surface area contributed by atoms with Gasteiger partial charge in [0.15, 0.2) is 0 Å². The molecule has 0 atom stereocenters. The standard InChI is InChI=1S/C23H18ClF4NO2.CH2O2/c24-19-11-18(22(30)29-15-4-3-5-15)21(17-7-2-1-6-16(17)19)31-12-13-8-9-14(10-20(13)25)23(26,27)28;2-1-3/h1-2,6-11,15H,3-5,12H2,(H,29,30);1H,(H,2,3). The van der Waals surface area contributed by atoms with Crippen LogP contribution in [0.1, 0.15) is 40.7 Å². The Bertz CT molecular complexity index is 1200. The van der Waals surface area contributed by atoms with E-state index in [1.165, 1.54) is 6.07 Å². The molecule has 0 aliphatic heterocycles. The molecule has 34 heavy (non-hydrogen) atoms. The zero-order valence-corrected chi connectivity index (χ0v) is 18.4. The molecule has 3 aromatic carbocycles. The predicted octanol–water partition coefficient (Wildman–Crippen LogP) is 6.21. The van der Waals surface area contributed by atoms with Gasteiger partial charge in [0.2, 0.25) is 0 Å². The van der Waals surface area contributed by atoms with Crippen LogP contribution in [-0.2, 0) is 17.6 Å². The first-order valence-electron chi connectivity index (χ1n) is 10.2. The van der Waals surface area contributed by atoms with E-state index < -0.39 is 17.6 Å². The number of carbonyl (C=O) groups is 2. The van der Waals surface area contributed by atoms with Gasteiger partial charge >= 0.3 is 6.18 Å². The lowest BCUT2D eigenvalue weighted by Crippen LogP contribution is -2.39. The van der Waals surface area contributed by atoms with E-state index in [0.29, 0.717) is 21.9 Å². The van der Waals surface area contributed by atoms with Gasteiger partial charge in [-0.1, -0.05) is 41.9 Å². The van der Waals surface area contributed by atoms with Crippen LogP contribution in [0.2, 0.25) is 5.02 Å². The molecule has 1 fully saturated rings. The summed E-state index contributed by atoms with van der Waals surface area (Å²) < 4.78 is 58.4. The average molecular weight is 498 g/mol. The Morgan fingerprint density at radius 2 is 1.79 bits per heavy atom. The van der Waals surface area contributed by atoms with Gasteiger partial charge in [0.25, 0.3) is 12.4 Å². The van der Waals surface area contributed by atoms with Crippen molar-refractivity contribution in [3.8, 4) is 5.75 Å². The van der Waals surface area contributed by atoms with Crippen LogP contribution in [0.3, 0.4) is 0 Å². The largest absolute Gasteiger partial charge is 0.487 e. The molecule has 10 heteroatoms. The molecular weight excluding hydrogens is 478 g/mol. The summed E-state index contributed by atoms with van der Waals surface area (Å²) in [4.78, 5) is 21.2. The summed E-state index contributed by atoms with van der Waals surface area (Å²) in [6.07, 6.45) is -1.82. The Morgan fingerprint density at radius 3 is 2.35 bits per heavy atom. The highest BCUT2D eigenvalue weighted by atomic mass is 35.5. The molecule has 0 aromatic heterocycles. The van der Waals surface area contributed by atoms with Crippen molar-refractivity contribution < 1.29 is 37.0 Å². The summed E-state index contributed by atoms with van der Waals surface area (Å²) in [5.41, 5.74) is -0.938. The van der Waals surface area contributed by atoms with Crippen LogP contribution in [0, 0.1) is 5.82 Å². The lowest BCUT2D eigenvalue weighted by Gasteiger charge is -2.27. The van der Waals surface area contributed by atoms with E-state index in [9.17, 15) is 22.4 Å². The first-order chi connectivity index (χ1) is 16.2. The van der Waals surface area contributed by atoms with E-state index in [1.54, 1.807) is 24.3 Å². The van der Waals surface area contributed by atoms with E-state index in [4.69, 9.17) is 26.2 Å². The van der Waals surface area contributed by atoms with Crippen LogP contribution < -0.4 is 10.1 Å². The molecule has 0 heterocycles. The molecule has 0 spiro atoms. The van der Waals surface area contributed by atoms with Gasteiger partial charge in [-0.15, -0.1) is 0 Å². The van der Waals surface area contributed by atoms with Gasteiger partial charge in [-0.05, 0) is 37.5 Å². The number of carbonyl (C=O) groups excluding carboxylic acids is 1. The maximum Gasteiger partial charge on any atom is 0.416 e. The number of hydrogen-bond acceptors (Lipinski definition) is 3. The quantitative estimate of drug-likeness (QED) is 0.324. The average Bonchev–Trinajstić information content (AvgIpc) is 2.76. The summed E-state index contributed by atoms with van der Waals surface area (Å²) in [6, 6.07) is 10.9. The van der Waals surface area contributed by atoms with Crippen molar-refractivity contribution in [2.75, 3.05) is 0 Å². The normalized spacial score (nSPS) is 13.4. The van der Waals surface area contributed by atoms with E-state index in [1.807, 2.05) is 0 Å². The Hall–Kier alpha value is -3.33. The minimum atomic E-state index is -4.64. The second-order valence-electron chi connectivity index (χ2n) is 7.58. The van der Waals surface area contributed by atoms with Crippen LogP contribution >= 0.6 is 11.6 Å². The molecule has 0 radical (unpaired) electrons. The fourth-order valence-electron chi connectivity index (χ4n) is 3.43. The van der Waals surface area contributed by atoms with Gasteiger partial charge in [0.1, 0.15) is 18.2 Å². The smallest absolute Gasteiger partial charge is 0.416 e. The highest BCUT2D eigenvalue weighted by Gasteiger charge is 2.31. The number of halogens is 5. The monoisotopic (exact) mass is 497 g/mol. The summed E-state index contributed by atoms with van der Waals surface area (Å²) in [6.45, 7) is -0.598. The first-order valence-corrected chi connectivity index (χ1v) is 10.6. The van der Waals surface area contributed by atoms with Crippen LogP contribution in [0.15, 0.2) is 48.5 Å². The number of amides is 1. The number of benzene rings is 3. The second kappa shape index (κ2) is 10.7. The molecular formula is C24H20ClF4NO4. The van der Waals surface area contributed by atoms with Gasteiger partial charge < -0.3 is 15.2 Å². The van der Waals surface area contributed by atoms with Crippen molar-refractivity contribution in [1.82, 2.24) is 5.32 Å². The number of nitrogens with one attached hydrogen (secondary N) is 1. The highest BCUT2D eigenvalue weighted by molar-refractivity contribution is 6.36. The van der Waals surface area contributed by atoms with Crippen molar-refractivity contribution in [1.29, 1.82) is 0 Å². The van der Waals surface area contributed by atoms with Gasteiger partial charge in [-0.2, -0.15) is 13.2 Å². The SMILES string of the molecule is O=C(NC1CCC1)c1cc(Cl)c2ccccc2c1OCc1ccc(C(F)(F)F)cc1F.O=CO. The van der Waals surface area contributed by atoms with Crippen molar-refractivity contribution in [3.05, 3.63) is 76.1 Å². The fraction of sp³-hybridized carbons (Fsp3) is 0.250. The van der Waals surface area contributed by atoms with E-state index in [0.717, 1.165) is 31.4 Å². The van der Waals surface area contributed by atoms with Crippen LogP contribution in [0.4, 0.5) is 17.6 Å². The maximum atomic E-state index is 14.3. The Kier molecular flexibility index (Phi) is 7.98. The summed E-state index contributed by atoms with van der Waals surface area (Å²) >= 11 is 6.36. The third-order valence-electron chi connectivity index (χ3n) is 5.38. The summed E-state index contributed by atoms with van der Waals surface area (Å²) in [5.74, 6) is -1.19. The minimum absolute atomic E-state index is 0.0580. The van der Waals surface area contributed by atoms with E-state index in [-0.39, 0.29) is 41.9 Å². The van der Waals surface area contributed by atoms with Crippen molar-refractivity contribution in [3.63, 3.8) is 0 Å². The Morgan fingerprint density at radius 1 is 1.15 bits per heavy atom. The first kappa shape index (κ1) is 25.3. The number of hydrogen-bond donors (Lipinski definition) is 2. The molecule has 1 aliphatic rings. The topological polar surface area (TPSA) is 75.6 Å².